The fourth-order valence-electron chi connectivity index (χ4n) is 2.52. The van der Waals surface area contributed by atoms with Gasteiger partial charge in [0.15, 0.2) is 0 Å². The van der Waals surface area contributed by atoms with Crippen LogP contribution in [0.15, 0.2) is 30.3 Å². The normalized spacial score (nSPS) is 15.6. The second kappa shape index (κ2) is 6.40. The van der Waals surface area contributed by atoms with Gasteiger partial charge in [0.2, 0.25) is 0 Å². The zero-order valence-electron chi connectivity index (χ0n) is 10.6. The summed E-state index contributed by atoms with van der Waals surface area (Å²) in [7, 11) is 0. The quantitative estimate of drug-likeness (QED) is 0.858. The topological polar surface area (TPSA) is 58.4 Å². The number of urea groups is 1. The van der Waals surface area contributed by atoms with Gasteiger partial charge in [0.05, 0.1) is 0 Å². The highest BCUT2D eigenvalue weighted by Gasteiger charge is 2.25. The van der Waals surface area contributed by atoms with Gasteiger partial charge in [0, 0.05) is 24.8 Å². The van der Waals surface area contributed by atoms with Crippen molar-refractivity contribution in [3.05, 3.63) is 30.3 Å². The molecule has 0 heterocycles. The molecule has 2 amide bonds. The molecular formula is C14H21N3O. The first-order chi connectivity index (χ1) is 8.81. The molecule has 3 N–H and O–H groups in total. The molecule has 1 aromatic rings. The van der Waals surface area contributed by atoms with Crippen LogP contribution in [0.5, 0.6) is 0 Å². The average Bonchev–Trinajstić information content (AvgIpc) is 2.90. The summed E-state index contributed by atoms with van der Waals surface area (Å²) < 4.78 is 0. The van der Waals surface area contributed by atoms with E-state index in [-0.39, 0.29) is 6.03 Å². The molecule has 1 saturated carbocycles. The molecule has 0 aliphatic heterocycles. The van der Waals surface area contributed by atoms with Gasteiger partial charge in [-0.05, 0) is 25.0 Å². The van der Waals surface area contributed by atoms with Crippen LogP contribution in [0.4, 0.5) is 10.5 Å². The minimum absolute atomic E-state index is 0.0291. The maximum absolute atomic E-state index is 12.2. The number of benzene rings is 1. The Kier molecular flexibility index (Phi) is 4.59. The summed E-state index contributed by atoms with van der Waals surface area (Å²) in [6.07, 6.45) is 4.62. The van der Waals surface area contributed by atoms with Crippen molar-refractivity contribution < 1.29 is 4.79 Å². The molecular weight excluding hydrogens is 226 g/mol. The van der Waals surface area contributed by atoms with Gasteiger partial charge in [-0.2, -0.15) is 0 Å². The maximum Gasteiger partial charge on any atom is 0.322 e. The number of hydrogen-bond acceptors (Lipinski definition) is 2. The van der Waals surface area contributed by atoms with Crippen LogP contribution in [-0.2, 0) is 0 Å². The van der Waals surface area contributed by atoms with E-state index < -0.39 is 0 Å². The van der Waals surface area contributed by atoms with E-state index in [0.717, 1.165) is 18.5 Å². The van der Waals surface area contributed by atoms with Crippen molar-refractivity contribution in [1.29, 1.82) is 0 Å². The Morgan fingerprint density at radius 1 is 1.28 bits per heavy atom. The Bertz CT molecular complexity index is 374. The number of rotatable bonds is 4. The van der Waals surface area contributed by atoms with Gasteiger partial charge in [-0.3, -0.25) is 0 Å². The first-order valence-corrected chi connectivity index (χ1v) is 6.64. The highest BCUT2D eigenvalue weighted by atomic mass is 16.2. The summed E-state index contributed by atoms with van der Waals surface area (Å²) in [6, 6.07) is 9.89. The van der Waals surface area contributed by atoms with Gasteiger partial charge in [-0.1, -0.05) is 31.0 Å². The first kappa shape index (κ1) is 12.9. The molecule has 98 valence electrons. The zero-order chi connectivity index (χ0) is 12.8. The molecule has 0 unspecified atom stereocenters. The third-order valence-corrected chi connectivity index (χ3v) is 3.42. The number of nitrogens with zero attached hydrogens (tertiary/aromatic N) is 1. The molecule has 1 fully saturated rings. The standard InChI is InChI=1S/C14H21N3O/c15-10-11-17(13-8-4-5-9-13)14(18)16-12-6-2-1-3-7-12/h1-3,6-7,13H,4-5,8-11,15H2,(H,16,18). The molecule has 1 aliphatic carbocycles. The van der Waals surface area contributed by atoms with E-state index in [2.05, 4.69) is 5.32 Å². The molecule has 0 atom stereocenters. The molecule has 4 heteroatoms. The lowest BCUT2D eigenvalue weighted by Crippen LogP contribution is -2.44. The van der Waals surface area contributed by atoms with Crippen molar-refractivity contribution in [2.24, 2.45) is 5.73 Å². The van der Waals surface area contributed by atoms with Crippen LogP contribution in [-0.4, -0.2) is 30.1 Å². The predicted octanol–water partition coefficient (Wildman–Crippen LogP) is 2.42. The third-order valence-electron chi connectivity index (χ3n) is 3.42. The van der Waals surface area contributed by atoms with Gasteiger partial charge in [-0.25, -0.2) is 4.79 Å². The highest BCUT2D eigenvalue weighted by Crippen LogP contribution is 2.23. The molecule has 0 spiro atoms. The lowest BCUT2D eigenvalue weighted by atomic mass is 10.2. The summed E-state index contributed by atoms with van der Waals surface area (Å²) in [5.74, 6) is 0. The minimum Gasteiger partial charge on any atom is -0.329 e. The average molecular weight is 247 g/mol. The smallest absolute Gasteiger partial charge is 0.322 e. The number of para-hydroxylation sites is 1. The van der Waals surface area contributed by atoms with E-state index in [1.807, 2.05) is 35.2 Å². The summed E-state index contributed by atoms with van der Waals surface area (Å²) in [6.45, 7) is 1.14. The molecule has 0 aromatic heterocycles. The summed E-state index contributed by atoms with van der Waals surface area (Å²) >= 11 is 0. The van der Waals surface area contributed by atoms with E-state index in [0.29, 0.717) is 19.1 Å². The number of amides is 2. The second-order valence-electron chi connectivity index (χ2n) is 4.72. The Morgan fingerprint density at radius 3 is 2.56 bits per heavy atom. The highest BCUT2D eigenvalue weighted by molar-refractivity contribution is 5.89. The first-order valence-electron chi connectivity index (χ1n) is 6.64. The van der Waals surface area contributed by atoms with E-state index in [9.17, 15) is 4.79 Å². The van der Waals surface area contributed by atoms with Gasteiger partial charge in [0.1, 0.15) is 0 Å². The molecule has 4 nitrogen and oxygen atoms in total. The van der Waals surface area contributed by atoms with Crippen molar-refractivity contribution in [3.63, 3.8) is 0 Å². The summed E-state index contributed by atoms with van der Waals surface area (Å²) in [5, 5.41) is 2.94. The largest absolute Gasteiger partial charge is 0.329 e. The molecule has 0 bridgehead atoms. The third kappa shape index (κ3) is 3.23. The minimum atomic E-state index is -0.0291. The lowest BCUT2D eigenvalue weighted by Gasteiger charge is -2.28. The van der Waals surface area contributed by atoms with Gasteiger partial charge < -0.3 is 16.0 Å². The van der Waals surface area contributed by atoms with E-state index >= 15 is 0 Å². The van der Waals surface area contributed by atoms with Gasteiger partial charge in [0.25, 0.3) is 0 Å². The van der Waals surface area contributed by atoms with Gasteiger partial charge >= 0.3 is 6.03 Å². The molecule has 18 heavy (non-hydrogen) atoms. The number of carbonyl (C=O) groups excluding carboxylic acids is 1. The van der Waals surface area contributed by atoms with Crippen LogP contribution in [0.2, 0.25) is 0 Å². The van der Waals surface area contributed by atoms with Gasteiger partial charge in [-0.15, -0.1) is 0 Å². The SMILES string of the molecule is NCCN(C(=O)Nc1ccccc1)C1CCCC1. The Labute approximate surface area is 108 Å². The lowest BCUT2D eigenvalue weighted by molar-refractivity contribution is 0.190. The zero-order valence-corrected chi connectivity index (χ0v) is 10.6. The number of nitrogens with one attached hydrogen (secondary N) is 1. The number of nitrogens with two attached hydrogens (primary N) is 1. The van der Waals surface area contributed by atoms with E-state index in [1.165, 1.54) is 12.8 Å². The second-order valence-corrected chi connectivity index (χ2v) is 4.72. The van der Waals surface area contributed by atoms with Crippen molar-refractivity contribution in [2.45, 2.75) is 31.7 Å². The molecule has 0 saturated heterocycles. The van der Waals surface area contributed by atoms with E-state index in [4.69, 9.17) is 5.73 Å². The van der Waals surface area contributed by atoms with Crippen molar-refractivity contribution in [3.8, 4) is 0 Å². The van der Waals surface area contributed by atoms with Crippen LogP contribution in [0, 0.1) is 0 Å². The fourth-order valence-corrected chi connectivity index (χ4v) is 2.52. The van der Waals surface area contributed by atoms with Crippen LogP contribution in [0.1, 0.15) is 25.7 Å². The summed E-state index contributed by atoms with van der Waals surface area (Å²) in [5.41, 5.74) is 6.44. The van der Waals surface area contributed by atoms with Crippen LogP contribution < -0.4 is 11.1 Å². The van der Waals surface area contributed by atoms with E-state index in [1.54, 1.807) is 0 Å². The van der Waals surface area contributed by atoms with Crippen molar-refractivity contribution >= 4 is 11.7 Å². The van der Waals surface area contributed by atoms with Crippen molar-refractivity contribution in [1.82, 2.24) is 4.90 Å². The summed E-state index contributed by atoms with van der Waals surface area (Å²) in [4.78, 5) is 14.1. The Hall–Kier alpha value is -1.55. The predicted molar refractivity (Wildman–Crippen MR) is 73.5 cm³/mol. The molecule has 0 radical (unpaired) electrons. The van der Waals surface area contributed by atoms with Crippen LogP contribution >= 0.6 is 0 Å². The van der Waals surface area contributed by atoms with Crippen LogP contribution in [0.3, 0.4) is 0 Å². The molecule has 1 aliphatic rings. The Morgan fingerprint density at radius 2 is 1.94 bits per heavy atom. The number of anilines is 1. The molecule has 2 rings (SSSR count). The molecule has 1 aromatic carbocycles. The monoisotopic (exact) mass is 247 g/mol. The maximum atomic E-state index is 12.2. The fraction of sp³-hybridized carbons (Fsp3) is 0.500. The van der Waals surface area contributed by atoms with Crippen LogP contribution in [0.25, 0.3) is 0 Å². The number of hydrogen-bond donors (Lipinski definition) is 2. The number of carbonyl (C=O) groups is 1. The Balaban J connectivity index is 1.99. The van der Waals surface area contributed by atoms with Crippen molar-refractivity contribution in [2.75, 3.05) is 18.4 Å².